The largest absolute Gasteiger partial charge is 0.396 e. The quantitative estimate of drug-likeness (QED) is 0.493. The summed E-state index contributed by atoms with van der Waals surface area (Å²) in [5, 5.41) is 16.6. The molecule has 0 aromatic heterocycles. The summed E-state index contributed by atoms with van der Waals surface area (Å²) in [6, 6.07) is 11.6. The van der Waals surface area contributed by atoms with Gasteiger partial charge in [0.15, 0.2) is 5.96 Å². The van der Waals surface area contributed by atoms with Crippen molar-refractivity contribution in [3.8, 4) is 0 Å². The Morgan fingerprint density at radius 2 is 2.04 bits per heavy atom. The fourth-order valence-electron chi connectivity index (χ4n) is 3.30. The van der Waals surface area contributed by atoms with Gasteiger partial charge < -0.3 is 15.7 Å². The van der Waals surface area contributed by atoms with Gasteiger partial charge in [0.05, 0.1) is 13.2 Å². The van der Waals surface area contributed by atoms with E-state index < -0.39 is 0 Å². The Hall–Kier alpha value is -1.59. The first-order valence-corrected chi connectivity index (χ1v) is 9.93. The van der Waals surface area contributed by atoms with Gasteiger partial charge in [0.2, 0.25) is 0 Å². The second kappa shape index (κ2) is 9.93. The highest BCUT2D eigenvalue weighted by molar-refractivity contribution is 5.80. The molecule has 0 saturated carbocycles. The van der Waals surface area contributed by atoms with E-state index in [4.69, 9.17) is 4.99 Å². The number of guanidine groups is 1. The Labute approximate surface area is 158 Å². The maximum Gasteiger partial charge on any atom is 0.191 e. The summed E-state index contributed by atoms with van der Waals surface area (Å²) < 4.78 is 0. The lowest BCUT2D eigenvalue weighted by Crippen LogP contribution is -2.45. The van der Waals surface area contributed by atoms with Crippen LogP contribution in [0.5, 0.6) is 0 Å². The molecule has 1 aliphatic rings. The van der Waals surface area contributed by atoms with Gasteiger partial charge in [-0.05, 0) is 32.3 Å². The van der Waals surface area contributed by atoms with Crippen LogP contribution >= 0.6 is 0 Å². The Morgan fingerprint density at radius 1 is 1.31 bits per heavy atom. The van der Waals surface area contributed by atoms with Crippen LogP contribution in [0.4, 0.5) is 0 Å². The van der Waals surface area contributed by atoms with E-state index in [1.54, 1.807) is 0 Å². The molecule has 0 aliphatic carbocycles. The SMILES string of the molecule is CCNC(=NCC(C)(CC)CO)NC1CC(C)N(Cc2ccccc2)C1. The maximum atomic E-state index is 9.61. The number of nitrogens with one attached hydrogen (secondary N) is 2. The van der Waals surface area contributed by atoms with E-state index in [1.165, 1.54) is 5.56 Å². The molecular formula is C21H36N4O. The Morgan fingerprint density at radius 3 is 2.65 bits per heavy atom. The molecule has 3 atom stereocenters. The second-order valence-corrected chi connectivity index (χ2v) is 7.86. The molecule has 1 fully saturated rings. The molecule has 3 N–H and O–H groups in total. The zero-order chi connectivity index (χ0) is 19.0. The number of hydrogen-bond acceptors (Lipinski definition) is 3. The predicted octanol–water partition coefficient (Wildman–Crippen LogP) is 2.61. The average Bonchev–Trinajstić information content (AvgIpc) is 2.99. The van der Waals surface area contributed by atoms with Gasteiger partial charge in [-0.1, -0.05) is 44.2 Å². The van der Waals surface area contributed by atoms with Crippen molar-refractivity contribution < 1.29 is 5.11 Å². The van der Waals surface area contributed by atoms with Crippen molar-refractivity contribution in [1.82, 2.24) is 15.5 Å². The van der Waals surface area contributed by atoms with Gasteiger partial charge in [0, 0.05) is 37.1 Å². The van der Waals surface area contributed by atoms with Crippen molar-refractivity contribution in [3.05, 3.63) is 35.9 Å². The Bertz CT molecular complexity index is 556. The van der Waals surface area contributed by atoms with E-state index >= 15 is 0 Å². The molecule has 1 aliphatic heterocycles. The minimum atomic E-state index is -0.148. The summed E-state index contributed by atoms with van der Waals surface area (Å²) in [6.45, 7) is 12.2. The molecule has 0 radical (unpaired) electrons. The lowest BCUT2D eigenvalue weighted by atomic mass is 9.89. The van der Waals surface area contributed by atoms with Crippen LogP contribution in [0.25, 0.3) is 0 Å². The number of aliphatic imine (C=N–C) groups is 1. The van der Waals surface area contributed by atoms with E-state index in [0.29, 0.717) is 18.6 Å². The number of likely N-dealkylation sites (tertiary alicyclic amines) is 1. The highest BCUT2D eigenvalue weighted by Crippen LogP contribution is 2.21. The number of hydrogen-bond donors (Lipinski definition) is 3. The third kappa shape index (κ3) is 5.99. The van der Waals surface area contributed by atoms with Gasteiger partial charge in [-0.3, -0.25) is 9.89 Å². The topological polar surface area (TPSA) is 59.9 Å². The van der Waals surface area contributed by atoms with Crippen LogP contribution in [0, 0.1) is 5.41 Å². The van der Waals surface area contributed by atoms with Gasteiger partial charge in [-0.25, -0.2) is 0 Å². The van der Waals surface area contributed by atoms with Crippen LogP contribution in [0.1, 0.15) is 46.1 Å². The summed E-state index contributed by atoms with van der Waals surface area (Å²) >= 11 is 0. The molecule has 5 nitrogen and oxygen atoms in total. The molecule has 2 rings (SSSR count). The van der Waals surface area contributed by atoms with Crippen molar-refractivity contribution in [2.24, 2.45) is 10.4 Å². The van der Waals surface area contributed by atoms with E-state index in [2.05, 4.69) is 73.6 Å². The number of benzene rings is 1. The minimum absolute atomic E-state index is 0.148. The molecule has 5 heteroatoms. The molecule has 1 saturated heterocycles. The number of aliphatic hydroxyl groups is 1. The predicted molar refractivity (Wildman–Crippen MR) is 109 cm³/mol. The lowest BCUT2D eigenvalue weighted by molar-refractivity contribution is 0.145. The first-order chi connectivity index (χ1) is 12.5. The average molecular weight is 361 g/mol. The summed E-state index contributed by atoms with van der Waals surface area (Å²) in [6.07, 6.45) is 2.03. The van der Waals surface area contributed by atoms with Crippen molar-refractivity contribution in [2.75, 3.05) is 26.2 Å². The van der Waals surface area contributed by atoms with Crippen molar-refractivity contribution in [2.45, 2.75) is 59.2 Å². The van der Waals surface area contributed by atoms with Crippen LogP contribution in [-0.2, 0) is 6.54 Å². The Kier molecular flexibility index (Phi) is 7.91. The zero-order valence-corrected chi connectivity index (χ0v) is 16.8. The lowest BCUT2D eigenvalue weighted by Gasteiger charge is -2.24. The highest BCUT2D eigenvalue weighted by atomic mass is 16.3. The third-order valence-corrected chi connectivity index (χ3v) is 5.47. The molecule has 0 amide bonds. The van der Waals surface area contributed by atoms with Gasteiger partial charge in [-0.2, -0.15) is 0 Å². The molecule has 146 valence electrons. The highest BCUT2D eigenvalue weighted by Gasteiger charge is 2.29. The summed E-state index contributed by atoms with van der Waals surface area (Å²) in [5.41, 5.74) is 1.22. The van der Waals surface area contributed by atoms with Crippen LogP contribution in [0.15, 0.2) is 35.3 Å². The van der Waals surface area contributed by atoms with Crippen molar-refractivity contribution in [1.29, 1.82) is 0 Å². The first-order valence-electron chi connectivity index (χ1n) is 9.93. The van der Waals surface area contributed by atoms with Gasteiger partial charge in [-0.15, -0.1) is 0 Å². The van der Waals surface area contributed by atoms with E-state index in [-0.39, 0.29) is 12.0 Å². The fraction of sp³-hybridized carbons (Fsp3) is 0.667. The number of aliphatic hydroxyl groups excluding tert-OH is 1. The van der Waals surface area contributed by atoms with E-state index in [9.17, 15) is 5.11 Å². The molecule has 0 spiro atoms. The third-order valence-electron chi connectivity index (χ3n) is 5.47. The van der Waals surface area contributed by atoms with Crippen LogP contribution in [-0.4, -0.2) is 54.3 Å². The fourth-order valence-corrected chi connectivity index (χ4v) is 3.30. The molecule has 26 heavy (non-hydrogen) atoms. The van der Waals surface area contributed by atoms with Gasteiger partial charge in [0.1, 0.15) is 0 Å². The normalized spacial score (nSPS) is 23.7. The zero-order valence-electron chi connectivity index (χ0n) is 16.8. The second-order valence-electron chi connectivity index (χ2n) is 7.86. The molecule has 1 aromatic carbocycles. The van der Waals surface area contributed by atoms with Gasteiger partial charge in [0.25, 0.3) is 0 Å². The van der Waals surface area contributed by atoms with Crippen molar-refractivity contribution in [3.63, 3.8) is 0 Å². The molecular weight excluding hydrogens is 324 g/mol. The minimum Gasteiger partial charge on any atom is -0.396 e. The maximum absolute atomic E-state index is 9.61. The van der Waals surface area contributed by atoms with Crippen molar-refractivity contribution >= 4 is 5.96 Å². The molecule has 0 bridgehead atoms. The molecule has 3 unspecified atom stereocenters. The van der Waals surface area contributed by atoms with Crippen LogP contribution in [0.2, 0.25) is 0 Å². The smallest absolute Gasteiger partial charge is 0.191 e. The molecule has 1 aromatic rings. The number of nitrogens with zero attached hydrogens (tertiary/aromatic N) is 2. The monoisotopic (exact) mass is 360 g/mol. The molecule has 1 heterocycles. The summed E-state index contributed by atoms with van der Waals surface area (Å²) in [4.78, 5) is 7.27. The standard InChI is InChI=1S/C21H36N4O/c1-5-21(4,16-26)15-23-20(22-6-2)24-19-12-17(3)25(14-19)13-18-10-8-7-9-11-18/h7-11,17,19,26H,5-6,12-16H2,1-4H3,(H2,22,23,24). The first kappa shape index (κ1) is 20.7. The Balaban J connectivity index is 1.94. The van der Waals surface area contributed by atoms with E-state index in [1.807, 2.05) is 0 Å². The van der Waals surface area contributed by atoms with Crippen LogP contribution < -0.4 is 10.6 Å². The number of rotatable bonds is 8. The summed E-state index contributed by atoms with van der Waals surface area (Å²) in [7, 11) is 0. The van der Waals surface area contributed by atoms with Crippen LogP contribution in [0.3, 0.4) is 0 Å². The van der Waals surface area contributed by atoms with Gasteiger partial charge >= 0.3 is 0 Å². The van der Waals surface area contributed by atoms with E-state index in [0.717, 1.165) is 38.4 Å². The summed E-state index contributed by atoms with van der Waals surface area (Å²) in [5.74, 6) is 0.861.